The molecule has 1 aromatic carbocycles. The van der Waals surface area contributed by atoms with E-state index in [4.69, 9.17) is 0 Å². The summed E-state index contributed by atoms with van der Waals surface area (Å²) in [5, 5.41) is 1.80. The summed E-state index contributed by atoms with van der Waals surface area (Å²) < 4.78 is 23.5. The lowest BCUT2D eigenvalue weighted by Crippen LogP contribution is -2.13. The summed E-state index contributed by atoms with van der Waals surface area (Å²) in [6, 6.07) is 6.27. The fraction of sp³-hybridized carbons (Fsp3) is 0.300. The lowest BCUT2D eigenvalue weighted by Gasteiger charge is -2.07. The number of benzene rings is 1. The van der Waals surface area contributed by atoms with Gasteiger partial charge < -0.3 is 0 Å². The SMILES string of the molecule is CC(C)S(=O)(=O)c1ccc(N=C=S)cc1. The van der Waals surface area contributed by atoms with Gasteiger partial charge in [0.05, 0.1) is 21.0 Å². The standard InChI is InChI=1S/C10H11NO2S2/c1-8(2)15(12,13)10-5-3-9(4-6-10)11-7-14/h3-6,8H,1-2H3. The Morgan fingerprint density at radius 1 is 1.27 bits per heavy atom. The Morgan fingerprint density at radius 2 is 1.80 bits per heavy atom. The molecule has 0 fully saturated rings. The van der Waals surface area contributed by atoms with Crippen molar-refractivity contribution >= 4 is 32.9 Å². The van der Waals surface area contributed by atoms with E-state index in [1.165, 1.54) is 12.1 Å². The number of nitrogens with zero attached hydrogens (tertiary/aromatic N) is 1. The molecule has 0 aliphatic rings. The molecular formula is C10H11NO2S2. The van der Waals surface area contributed by atoms with Gasteiger partial charge in [0, 0.05) is 0 Å². The first-order valence-electron chi connectivity index (χ1n) is 4.40. The zero-order valence-electron chi connectivity index (χ0n) is 8.47. The highest BCUT2D eigenvalue weighted by Crippen LogP contribution is 2.19. The Hall–Kier alpha value is -1.03. The maximum Gasteiger partial charge on any atom is 0.180 e. The molecule has 0 atom stereocenters. The third kappa shape index (κ3) is 2.72. The molecule has 80 valence electrons. The van der Waals surface area contributed by atoms with E-state index in [0.29, 0.717) is 10.6 Å². The fourth-order valence-corrected chi connectivity index (χ4v) is 2.20. The van der Waals surface area contributed by atoms with Gasteiger partial charge in [0.15, 0.2) is 9.84 Å². The van der Waals surface area contributed by atoms with Gasteiger partial charge >= 0.3 is 0 Å². The zero-order chi connectivity index (χ0) is 11.5. The Balaban J connectivity index is 3.15. The molecule has 0 saturated heterocycles. The minimum absolute atomic E-state index is 0.306. The predicted molar refractivity (Wildman–Crippen MR) is 63.4 cm³/mol. The summed E-state index contributed by atoms with van der Waals surface area (Å²) >= 11 is 4.45. The van der Waals surface area contributed by atoms with E-state index in [2.05, 4.69) is 22.4 Å². The van der Waals surface area contributed by atoms with Gasteiger partial charge in [-0.15, -0.1) is 0 Å². The number of isothiocyanates is 1. The van der Waals surface area contributed by atoms with E-state index < -0.39 is 15.1 Å². The Labute approximate surface area is 94.8 Å². The van der Waals surface area contributed by atoms with Crippen LogP contribution in [0.2, 0.25) is 0 Å². The van der Waals surface area contributed by atoms with E-state index >= 15 is 0 Å². The van der Waals surface area contributed by atoms with E-state index in [1.807, 2.05) is 0 Å². The number of rotatable bonds is 3. The van der Waals surface area contributed by atoms with Crippen molar-refractivity contribution in [2.75, 3.05) is 0 Å². The molecule has 0 heterocycles. The van der Waals surface area contributed by atoms with E-state index in [1.54, 1.807) is 26.0 Å². The highest BCUT2D eigenvalue weighted by Gasteiger charge is 2.18. The van der Waals surface area contributed by atoms with Crippen molar-refractivity contribution in [1.82, 2.24) is 0 Å². The molecular weight excluding hydrogens is 230 g/mol. The van der Waals surface area contributed by atoms with Crippen molar-refractivity contribution in [3.63, 3.8) is 0 Å². The van der Waals surface area contributed by atoms with E-state index in [9.17, 15) is 8.42 Å². The monoisotopic (exact) mass is 241 g/mol. The van der Waals surface area contributed by atoms with Crippen molar-refractivity contribution in [2.24, 2.45) is 4.99 Å². The molecule has 0 spiro atoms. The summed E-state index contributed by atoms with van der Waals surface area (Å²) in [4.78, 5) is 4.05. The number of hydrogen-bond donors (Lipinski definition) is 0. The predicted octanol–water partition coefficient (Wildman–Crippen LogP) is 2.60. The molecule has 1 rings (SSSR count). The number of aliphatic imine (C=N–C) groups is 1. The normalized spacial score (nSPS) is 11.1. The van der Waals surface area contributed by atoms with Crippen LogP contribution in [0.4, 0.5) is 5.69 Å². The maximum absolute atomic E-state index is 11.7. The summed E-state index contributed by atoms with van der Waals surface area (Å²) in [7, 11) is -3.20. The van der Waals surface area contributed by atoms with E-state index in [0.717, 1.165) is 0 Å². The fourth-order valence-electron chi connectivity index (χ4n) is 1.04. The van der Waals surface area contributed by atoms with Crippen molar-refractivity contribution in [3.05, 3.63) is 24.3 Å². The summed E-state index contributed by atoms with van der Waals surface area (Å²) in [6.45, 7) is 3.30. The molecule has 0 unspecified atom stereocenters. The first-order valence-corrected chi connectivity index (χ1v) is 6.36. The molecule has 15 heavy (non-hydrogen) atoms. The van der Waals surface area contributed by atoms with Gasteiger partial charge in [-0.3, -0.25) is 0 Å². The smallest absolute Gasteiger partial charge is 0.180 e. The highest BCUT2D eigenvalue weighted by molar-refractivity contribution is 7.92. The van der Waals surface area contributed by atoms with Crippen molar-refractivity contribution in [3.8, 4) is 0 Å². The third-order valence-corrected chi connectivity index (χ3v) is 4.22. The second-order valence-corrected chi connectivity index (χ2v) is 5.98. The maximum atomic E-state index is 11.7. The van der Waals surface area contributed by atoms with Crippen LogP contribution in [-0.2, 0) is 9.84 Å². The van der Waals surface area contributed by atoms with Crippen LogP contribution >= 0.6 is 12.2 Å². The van der Waals surface area contributed by atoms with Crippen molar-refractivity contribution < 1.29 is 8.42 Å². The third-order valence-electron chi connectivity index (χ3n) is 1.96. The second-order valence-electron chi connectivity index (χ2n) is 3.29. The number of hydrogen-bond acceptors (Lipinski definition) is 4. The van der Waals surface area contributed by atoms with E-state index in [-0.39, 0.29) is 0 Å². The molecule has 1 aromatic rings. The molecule has 0 bridgehead atoms. The lowest BCUT2D eigenvalue weighted by molar-refractivity contribution is 0.587. The molecule has 3 nitrogen and oxygen atoms in total. The van der Waals surface area contributed by atoms with Crippen LogP contribution in [0.1, 0.15) is 13.8 Å². The van der Waals surface area contributed by atoms with Gasteiger partial charge in [0.25, 0.3) is 0 Å². The quantitative estimate of drug-likeness (QED) is 0.603. The molecule has 0 radical (unpaired) electrons. The second kappa shape index (κ2) is 4.66. The van der Waals surface area contributed by atoms with Crippen LogP contribution in [0.3, 0.4) is 0 Å². The minimum atomic E-state index is -3.20. The van der Waals surface area contributed by atoms with Crippen LogP contribution in [-0.4, -0.2) is 18.8 Å². The van der Waals surface area contributed by atoms with Crippen molar-refractivity contribution in [1.29, 1.82) is 0 Å². The number of sulfone groups is 1. The van der Waals surface area contributed by atoms with Gasteiger partial charge in [-0.2, -0.15) is 4.99 Å². The zero-order valence-corrected chi connectivity index (χ0v) is 10.1. The molecule has 0 amide bonds. The van der Waals surface area contributed by atoms with Crippen LogP contribution in [0.15, 0.2) is 34.2 Å². The topological polar surface area (TPSA) is 46.5 Å². The largest absolute Gasteiger partial charge is 0.223 e. The average molecular weight is 241 g/mol. The minimum Gasteiger partial charge on any atom is -0.223 e. The Morgan fingerprint density at radius 3 is 2.20 bits per heavy atom. The van der Waals surface area contributed by atoms with Gasteiger partial charge in [0.1, 0.15) is 0 Å². The van der Waals surface area contributed by atoms with Crippen LogP contribution in [0, 0.1) is 0 Å². The average Bonchev–Trinajstić information content (AvgIpc) is 2.19. The molecule has 0 saturated carbocycles. The summed E-state index contributed by atoms with van der Waals surface area (Å²) in [5.74, 6) is 0. The molecule has 0 aliphatic heterocycles. The van der Waals surface area contributed by atoms with Crippen molar-refractivity contribution in [2.45, 2.75) is 24.0 Å². The van der Waals surface area contributed by atoms with Crippen LogP contribution in [0.25, 0.3) is 0 Å². The molecule has 0 N–H and O–H groups in total. The van der Waals surface area contributed by atoms with Crippen LogP contribution in [0.5, 0.6) is 0 Å². The highest BCUT2D eigenvalue weighted by atomic mass is 32.2. The van der Waals surface area contributed by atoms with Crippen LogP contribution < -0.4 is 0 Å². The first kappa shape index (κ1) is 12.0. The summed E-state index contributed by atoms with van der Waals surface area (Å²) in [6.07, 6.45) is 0. The molecule has 0 aliphatic carbocycles. The Bertz CT molecular complexity index is 483. The first-order chi connectivity index (χ1) is 6.98. The molecule has 5 heteroatoms. The summed E-state index contributed by atoms with van der Waals surface area (Å²) in [5.41, 5.74) is 0.604. The number of thiocarbonyl (C=S) groups is 1. The van der Waals surface area contributed by atoms with Gasteiger partial charge in [-0.05, 0) is 50.3 Å². The Kier molecular flexibility index (Phi) is 3.74. The van der Waals surface area contributed by atoms with Gasteiger partial charge in [0.2, 0.25) is 0 Å². The lowest BCUT2D eigenvalue weighted by atomic mass is 10.3. The van der Waals surface area contributed by atoms with Gasteiger partial charge in [-0.1, -0.05) is 0 Å². The molecule has 0 aromatic heterocycles. The van der Waals surface area contributed by atoms with Gasteiger partial charge in [-0.25, -0.2) is 8.42 Å².